The zero-order valence-electron chi connectivity index (χ0n) is 7.69. The van der Waals surface area contributed by atoms with Gasteiger partial charge in [0.25, 0.3) is 0 Å². The summed E-state index contributed by atoms with van der Waals surface area (Å²) in [5, 5.41) is 14.6. The Morgan fingerprint density at radius 3 is 2.93 bits per heavy atom. The van der Waals surface area contributed by atoms with E-state index in [2.05, 4.69) is 19.6 Å². The lowest BCUT2D eigenvalue weighted by Gasteiger charge is -2.06. The fraction of sp³-hybridized carbons (Fsp3) is 0.429. The Morgan fingerprint density at radius 1 is 1.60 bits per heavy atom. The molecule has 0 unspecified atom stereocenters. The van der Waals surface area contributed by atoms with Crippen molar-refractivity contribution in [3.63, 3.8) is 0 Å². The molecule has 1 aliphatic carbocycles. The third kappa shape index (κ3) is 2.45. The molecule has 0 aliphatic heterocycles. The van der Waals surface area contributed by atoms with Crippen LogP contribution in [0.5, 0.6) is 0 Å². The molecule has 1 aliphatic rings. The molecule has 1 fully saturated rings. The maximum Gasteiger partial charge on any atom is 0.300 e. The summed E-state index contributed by atoms with van der Waals surface area (Å²) in [7, 11) is -3.60. The highest BCUT2D eigenvalue weighted by molar-refractivity contribution is 7.90. The highest BCUT2D eigenvalue weighted by Crippen LogP contribution is 2.20. The fourth-order valence-corrected chi connectivity index (χ4v) is 2.19. The third-order valence-corrected chi connectivity index (χ3v) is 3.01. The molecule has 15 heavy (non-hydrogen) atoms. The number of hydrogen-bond donors (Lipinski definition) is 3. The van der Waals surface area contributed by atoms with Crippen molar-refractivity contribution in [1.82, 2.24) is 14.9 Å². The Labute approximate surface area is 86.7 Å². The topological polar surface area (TPSA) is 111 Å². The van der Waals surface area contributed by atoms with Crippen molar-refractivity contribution < 1.29 is 8.42 Å². The van der Waals surface area contributed by atoms with E-state index in [0.29, 0.717) is 0 Å². The number of rotatable bonds is 4. The summed E-state index contributed by atoms with van der Waals surface area (Å²) in [5.41, 5.74) is 0.163. The van der Waals surface area contributed by atoms with E-state index in [1.807, 2.05) is 6.07 Å². The molecule has 0 saturated heterocycles. The maximum absolute atomic E-state index is 11.4. The lowest BCUT2D eigenvalue weighted by molar-refractivity contribution is 0.586. The van der Waals surface area contributed by atoms with Gasteiger partial charge in [0.05, 0.1) is 6.20 Å². The van der Waals surface area contributed by atoms with Crippen LogP contribution in [0.1, 0.15) is 18.4 Å². The van der Waals surface area contributed by atoms with Gasteiger partial charge in [-0.3, -0.25) is 9.82 Å². The number of nitriles is 1. The molecule has 0 aromatic carbocycles. The number of nitrogens with zero attached hydrogens (tertiary/aromatic N) is 2. The second-order valence-electron chi connectivity index (χ2n) is 3.27. The second kappa shape index (κ2) is 3.52. The first-order chi connectivity index (χ1) is 7.11. The molecule has 1 aromatic heterocycles. The number of nitrogens with one attached hydrogen (secondary N) is 3. The average molecular weight is 227 g/mol. The zero-order valence-corrected chi connectivity index (χ0v) is 8.50. The van der Waals surface area contributed by atoms with Gasteiger partial charge in [-0.25, -0.2) is 0 Å². The Balaban J connectivity index is 2.10. The summed E-state index contributed by atoms with van der Waals surface area (Å²) in [6.45, 7) is 0. The van der Waals surface area contributed by atoms with Crippen LogP contribution in [0.4, 0.5) is 5.82 Å². The van der Waals surface area contributed by atoms with Crippen LogP contribution < -0.4 is 9.44 Å². The van der Waals surface area contributed by atoms with Crippen LogP contribution >= 0.6 is 0 Å². The fourth-order valence-electron chi connectivity index (χ4n) is 1.03. The van der Waals surface area contributed by atoms with Gasteiger partial charge in [-0.15, -0.1) is 0 Å². The predicted molar refractivity (Wildman–Crippen MR) is 52.0 cm³/mol. The lowest BCUT2D eigenvalue weighted by Crippen LogP contribution is -2.32. The van der Waals surface area contributed by atoms with Gasteiger partial charge in [0, 0.05) is 6.04 Å². The summed E-state index contributed by atoms with van der Waals surface area (Å²) < 4.78 is 27.5. The second-order valence-corrected chi connectivity index (χ2v) is 4.71. The van der Waals surface area contributed by atoms with Gasteiger partial charge >= 0.3 is 10.2 Å². The number of aromatic amines is 1. The minimum Gasteiger partial charge on any atom is -0.261 e. The van der Waals surface area contributed by atoms with Gasteiger partial charge in [0.1, 0.15) is 11.6 Å². The lowest BCUT2D eigenvalue weighted by atomic mass is 10.4. The maximum atomic E-state index is 11.4. The molecule has 0 amide bonds. The van der Waals surface area contributed by atoms with E-state index in [4.69, 9.17) is 5.26 Å². The summed E-state index contributed by atoms with van der Waals surface area (Å²) in [6.07, 6.45) is 2.97. The van der Waals surface area contributed by atoms with E-state index in [-0.39, 0.29) is 17.4 Å². The first-order valence-electron chi connectivity index (χ1n) is 4.34. The van der Waals surface area contributed by atoms with Crippen molar-refractivity contribution in [1.29, 1.82) is 5.26 Å². The number of aromatic nitrogens is 2. The normalized spacial score (nSPS) is 15.9. The van der Waals surface area contributed by atoms with Crippen LogP contribution in [-0.2, 0) is 10.2 Å². The molecule has 1 heterocycles. The molecule has 0 spiro atoms. The summed E-state index contributed by atoms with van der Waals surface area (Å²) >= 11 is 0. The highest BCUT2D eigenvalue weighted by Gasteiger charge is 2.27. The van der Waals surface area contributed by atoms with E-state index in [0.717, 1.165) is 12.8 Å². The molecule has 80 valence electrons. The Morgan fingerprint density at radius 2 is 2.33 bits per heavy atom. The molecule has 0 radical (unpaired) electrons. The summed E-state index contributed by atoms with van der Waals surface area (Å²) in [6, 6.07) is 1.84. The van der Waals surface area contributed by atoms with E-state index in [9.17, 15) is 8.42 Å². The molecule has 3 N–H and O–H groups in total. The Kier molecular flexibility index (Phi) is 2.34. The van der Waals surface area contributed by atoms with Crippen molar-refractivity contribution in [3.05, 3.63) is 11.8 Å². The number of hydrogen-bond acceptors (Lipinski definition) is 4. The number of H-pyrrole nitrogens is 1. The molecule has 0 bridgehead atoms. The molecule has 1 saturated carbocycles. The Hall–Kier alpha value is -1.59. The largest absolute Gasteiger partial charge is 0.300 e. The summed E-state index contributed by atoms with van der Waals surface area (Å²) in [5.74, 6) is 0.0886. The van der Waals surface area contributed by atoms with Crippen molar-refractivity contribution >= 4 is 16.0 Å². The van der Waals surface area contributed by atoms with Gasteiger partial charge < -0.3 is 0 Å². The van der Waals surface area contributed by atoms with Crippen molar-refractivity contribution in [2.24, 2.45) is 0 Å². The van der Waals surface area contributed by atoms with Crippen molar-refractivity contribution in [3.8, 4) is 6.07 Å². The highest BCUT2D eigenvalue weighted by atomic mass is 32.2. The van der Waals surface area contributed by atoms with Gasteiger partial charge in [-0.05, 0) is 12.8 Å². The molecule has 7 nitrogen and oxygen atoms in total. The molecule has 8 heteroatoms. The quantitative estimate of drug-likeness (QED) is 0.655. The van der Waals surface area contributed by atoms with Crippen LogP contribution in [0.3, 0.4) is 0 Å². The van der Waals surface area contributed by atoms with Crippen molar-refractivity contribution in [2.45, 2.75) is 18.9 Å². The first kappa shape index (κ1) is 9.95. The summed E-state index contributed by atoms with van der Waals surface area (Å²) in [4.78, 5) is 0. The van der Waals surface area contributed by atoms with E-state index >= 15 is 0 Å². The van der Waals surface area contributed by atoms with Gasteiger partial charge in [-0.1, -0.05) is 0 Å². The van der Waals surface area contributed by atoms with Gasteiger partial charge in [-0.2, -0.15) is 23.5 Å². The molecule has 0 atom stereocenters. The minimum atomic E-state index is -3.60. The molecular weight excluding hydrogens is 218 g/mol. The van der Waals surface area contributed by atoms with E-state index in [1.54, 1.807) is 0 Å². The van der Waals surface area contributed by atoms with E-state index < -0.39 is 10.2 Å². The third-order valence-electron chi connectivity index (χ3n) is 1.90. The first-order valence-corrected chi connectivity index (χ1v) is 5.82. The smallest absolute Gasteiger partial charge is 0.261 e. The monoisotopic (exact) mass is 227 g/mol. The van der Waals surface area contributed by atoms with Crippen LogP contribution in [0.25, 0.3) is 0 Å². The number of anilines is 1. The zero-order chi connectivity index (χ0) is 10.9. The van der Waals surface area contributed by atoms with Crippen molar-refractivity contribution in [2.75, 3.05) is 4.72 Å². The average Bonchev–Trinajstić information content (AvgIpc) is 2.82. The van der Waals surface area contributed by atoms with Crippen LogP contribution in [-0.4, -0.2) is 24.7 Å². The molecular formula is C7H9N5O2S. The predicted octanol–water partition coefficient (Wildman–Crippen LogP) is -0.310. The SMILES string of the molecule is N#Cc1cn[nH]c1NS(=O)(=O)NC1CC1. The van der Waals surface area contributed by atoms with Gasteiger partial charge in [0.15, 0.2) is 5.82 Å². The van der Waals surface area contributed by atoms with E-state index in [1.165, 1.54) is 6.20 Å². The van der Waals surface area contributed by atoms with Crippen LogP contribution in [0, 0.1) is 11.3 Å². The molecule has 2 rings (SSSR count). The minimum absolute atomic E-state index is 0.0240. The standard InChI is InChI=1S/C7H9N5O2S/c8-3-5-4-9-10-7(5)12-15(13,14)11-6-1-2-6/h4,6,11H,1-2H2,(H2,9,10,12). The molecule has 1 aromatic rings. The van der Waals surface area contributed by atoms with Gasteiger partial charge in [0.2, 0.25) is 0 Å². The Bertz CT molecular complexity index is 496. The van der Waals surface area contributed by atoms with Crippen LogP contribution in [0.15, 0.2) is 6.20 Å². The van der Waals surface area contributed by atoms with Crippen LogP contribution in [0.2, 0.25) is 0 Å².